The van der Waals surface area contributed by atoms with E-state index < -0.39 is 0 Å². The summed E-state index contributed by atoms with van der Waals surface area (Å²) >= 11 is 2.21. The Hall–Kier alpha value is -1.15. The molecule has 1 aromatic heterocycles. The molecule has 0 spiro atoms. The number of rotatable bonds is 4. The van der Waals surface area contributed by atoms with Crippen LogP contribution in [0.15, 0.2) is 30.6 Å². The summed E-state index contributed by atoms with van der Waals surface area (Å²) in [5.41, 5.74) is 0.906. The highest BCUT2D eigenvalue weighted by Gasteiger charge is 2.04. The average Bonchev–Trinajstić information content (AvgIpc) is 2.81. The normalized spacial score (nSPS) is 10.4. The summed E-state index contributed by atoms with van der Waals surface area (Å²) in [4.78, 5) is 0. The summed E-state index contributed by atoms with van der Waals surface area (Å²) in [5, 5.41) is 7.67. The largest absolute Gasteiger partial charge is 0.466 e. The lowest BCUT2D eigenvalue weighted by Crippen LogP contribution is -2.02. The van der Waals surface area contributed by atoms with Crippen LogP contribution in [0.3, 0.4) is 0 Å². The quantitative estimate of drug-likeness (QED) is 0.634. The first-order valence-electron chi connectivity index (χ1n) is 4.59. The maximum absolute atomic E-state index is 5.43. The minimum Gasteiger partial charge on any atom is -0.466 e. The molecule has 0 amide bonds. The van der Waals surface area contributed by atoms with Crippen LogP contribution in [-0.4, -0.2) is 28.9 Å². The van der Waals surface area contributed by atoms with E-state index in [1.165, 1.54) is 0 Å². The lowest BCUT2D eigenvalue weighted by atomic mass is 10.3. The minimum atomic E-state index is 0.233. The molecule has 1 aromatic carbocycles. The molecule has 6 heteroatoms. The number of ether oxygens (including phenoxy) is 2. The van der Waals surface area contributed by atoms with Gasteiger partial charge in [0.1, 0.15) is 5.75 Å². The zero-order valence-electron chi connectivity index (χ0n) is 8.63. The monoisotopic (exact) mass is 331 g/mol. The van der Waals surface area contributed by atoms with Gasteiger partial charge >= 0.3 is 0 Å². The van der Waals surface area contributed by atoms with Crippen LogP contribution in [0, 0.1) is 3.57 Å². The van der Waals surface area contributed by atoms with Gasteiger partial charge in [0.25, 0.3) is 0 Å². The Morgan fingerprint density at radius 1 is 1.44 bits per heavy atom. The third-order valence-corrected chi connectivity index (χ3v) is 2.83. The summed E-state index contributed by atoms with van der Waals surface area (Å²) in [7, 11) is 1.59. The first-order chi connectivity index (χ1) is 7.81. The van der Waals surface area contributed by atoms with Gasteiger partial charge in [0.2, 0.25) is 0 Å². The second kappa shape index (κ2) is 5.26. The van der Waals surface area contributed by atoms with Gasteiger partial charge in [0.05, 0.1) is 21.7 Å². The van der Waals surface area contributed by atoms with Crippen LogP contribution in [0.5, 0.6) is 5.75 Å². The van der Waals surface area contributed by atoms with E-state index in [1.807, 2.05) is 18.2 Å². The van der Waals surface area contributed by atoms with Gasteiger partial charge in [-0.3, -0.25) is 0 Å². The van der Waals surface area contributed by atoms with Crippen molar-refractivity contribution in [2.24, 2.45) is 0 Å². The second-order valence-corrected chi connectivity index (χ2v) is 4.18. The molecule has 84 valence electrons. The highest BCUT2D eigenvalue weighted by Crippen LogP contribution is 2.23. The van der Waals surface area contributed by atoms with Crippen LogP contribution >= 0.6 is 22.6 Å². The molecule has 0 saturated heterocycles. The molecule has 2 aromatic rings. The fraction of sp³-hybridized carbons (Fsp3) is 0.200. The number of hydrogen-bond acceptors (Lipinski definition) is 4. The summed E-state index contributed by atoms with van der Waals surface area (Å²) in [6.45, 7) is 0.233. The number of nitrogens with zero attached hydrogens (tertiary/aromatic N) is 3. The van der Waals surface area contributed by atoms with Gasteiger partial charge in [-0.2, -0.15) is 0 Å². The fourth-order valence-electron chi connectivity index (χ4n) is 1.21. The zero-order chi connectivity index (χ0) is 11.4. The first kappa shape index (κ1) is 11.3. The van der Waals surface area contributed by atoms with Crippen molar-refractivity contribution < 1.29 is 9.47 Å². The topological polar surface area (TPSA) is 49.2 Å². The van der Waals surface area contributed by atoms with Gasteiger partial charge in [-0.25, -0.2) is 4.68 Å². The number of methoxy groups -OCH3 is 1. The van der Waals surface area contributed by atoms with Crippen LogP contribution in [0.2, 0.25) is 0 Å². The van der Waals surface area contributed by atoms with E-state index >= 15 is 0 Å². The molecular weight excluding hydrogens is 321 g/mol. The van der Waals surface area contributed by atoms with Crippen molar-refractivity contribution in [1.82, 2.24) is 15.0 Å². The third-order valence-electron chi connectivity index (χ3n) is 1.93. The third kappa shape index (κ3) is 2.50. The lowest BCUT2D eigenvalue weighted by Gasteiger charge is -2.08. The summed E-state index contributed by atoms with van der Waals surface area (Å²) in [6, 6.07) is 5.81. The van der Waals surface area contributed by atoms with Crippen molar-refractivity contribution >= 4 is 22.6 Å². The molecule has 0 saturated carbocycles. The Morgan fingerprint density at radius 2 is 2.31 bits per heavy atom. The van der Waals surface area contributed by atoms with Crippen molar-refractivity contribution in [3.63, 3.8) is 0 Å². The number of halogens is 1. The molecular formula is C10H10IN3O2. The van der Waals surface area contributed by atoms with Crippen LogP contribution in [0.4, 0.5) is 0 Å². The van der Waals surface area contributed by atoms with E-state index in [1.54, 1.807) is 24.2 Å². The predicted octanol–water partition coefficient (Wildman–Crippen LogP) is 1.85. The summed E-state index contributed by atoms with van der Waals surface area (Å²) in [5.74, 6) is 0.774. The lowest BCUT2D eigenvalue weighted by molar-refractivity contribution is 0.0505. The average molecular weight is 331 g/mol. The molecule has 0 fully saturated rings. The molecule has 0 aliphatic rings. The van der Waals surface area contributed by atoms with Gasteiger partial charge in [-0.15, -0.1) is 5.10 Å². The Morgan fingerprint density at radius 3 is 3.00 bits per heavy atom. The molecule has 0 aliphatic heterocycles. The van der Waals surface area contributed by atoms with Gasteiger partial charge in [0, 0.05) is 13.2 Å². The predicted molar refractivity (Wildman–Crippen MR) is 66.6 cm³/mol. The highest BCUT2D eigenvalue weighted by molar-refractivity contribution is 14.1. The Kier molecular flexibility index (Phi) is 3.73. The van der Waals surface area contributed by atoms with E-state index in [0.29, 0.717) is 0 Å². The summed E-state index contributed by atoms with van der Waals surface area (Å²) < 4.78 is 13.0. The van der Waals surface area contributed by atoms with Crippen LogP contribution in [-0.2, 0) is 4.74 Å². The summed E-state index contributed by atoms with van der Waals surface area (Å²) in [6.07, 6.45) is 3.41. The van der Waals surface area contributed by atoms with E-state index in [9.17, 15) is 0 Å². The molecule has 1 heterocycles. The maximum atomic E-state index is 5.43. The Balaban J connectivity index is 2.28. The van der Waals surface area contributed by atoms with E-state index in [4.69, 9.17) is 9.47 Å². The molecule has 5 nitrogen and oxygen atoms in total. The molecule has 0 N–H and O–H groups in total. The van der Waals surface area contributed by atoms with Crippen LogP contribution in [0.25, 0.3) is 5.69 Å². The van der Waals surface area contributed by atoms with Crippen molar-refractivity contribution in [2.75, 3.05) is 13.9 Å². The van der Waals surface area contributed by atoms with E-state index in [0.717, 1.165) is 15.0 Å². The van der Waals surface area contributed by atoms with E-state index in [2.05, 4.69) is 32.9 Å². The molecule has 0 atom stereocenters. The van der Waals surface area contributed by atoms with Crippen molar-refractivity contribution in [2.45, 2.75) is 0 Å². The molecule has 2 rings (SSSR count). The Labute approximate surface area is 107 Å². The van der Waals surface area contributed by atoms with Gasteiger partial charge in [0.15, 0.2) is 6.79 Å². The first-order valence-corrected chi connectivity index (χ1v) is 5.67. The number of aromatic nitrogens is 3. The SMILES string of the molecule is COCOc1cc(-n2ccnn2)ccc1I. The molecule has 0 bridgehead atoms. The standard InChI is InChI=1S/C10H10IN3O2/c1-15-7-16-10-6-8(2-3-9(10)11)14-5-4-12-13-14/h2-6H,7H2,1H3. The number of benzene rings is 1. The molecule has 0 radical (unpaired) electrons. The van der Waals surface area contributed by atoms with Crippen LogP contribution < -0.4 is 4.74 Å². The smallest absolute Gasteiger partial charge is 0.188 e. The second-order valence-electron chi connectivity index (χ2n) is 3.01. The molecule has 0 aliphatic carbocycles. The number of hydrogen-bond donors (Lipinski definition) is 0. The van der Waals surface area contributed by atoms with Gasteiger partial charge < -0.3 is 9.47 Å². The van der Waals surface area contributed by atoms with Crippen molar-refractivity contribution in [3.05, 3.63) is 34.2 Å². The molecule has 16 heavy (non-hydrogen) atoms. The van der Waals surface area contributed by atoms with Crippen LogP contribution in [0.1, 0.15) is 0 Å². The van der Waals surface area contributed by atoms with Gasteiger partial charge in [-0.1, -0.05) is 5.21 Å². The molecule has 0 unspecified atom stereocenters. The minimum absolute atomic E-state index is 0.233. The zero-order valence-corrected chi connectivity index (χ0v) is 10.8. The Bertz CT molecular complexity index is 459. The van der Waals surface area contributed by atoms with Gasteiger partial charge in [-0.05, 0) is 34.7 Å². The van der Waals surface area contributed by atoms with Crippen molar-refractivity contribution in [1.29, 1.82) is 0 Å². The van der Waals surface area contributed by atoms with Crippen molar-refractivity contribution in [3.8, 4) is 11.4 Å². The van der Waals surface area contributed by atoms with E-state index in [-0.39, 0.29) is 6.79 Å². The fourth-order valence-corrected chi connectivity index (χ4v) is 1.70. The highest BCUT2D eigenvalue weighted by atomic mass is 127. The maximum Gasteiger partial charge on any atom is 0.188 e.